The van der Waals surface area contributed by atoms with Gasteiger partial charge in [-0.2, -0.15) is 0 Å². The van der Waals surface area contributed by atoms with E-state index in [0.717, 1.165) is 5.56 Å². The van der Waals surface area contributed by atoms with E-state index in [-0.39, 0.29) is 24.8 Å². The third-order valence-corrected chi connectivity index (χ3v) is 4.23. The lowest BCUT2D eigenvalue weighted by Crippen LogP contribution is -2.29. The molecule has 3 rings (SSSR count). The van der Waals surface area contributed by atoms with Crippen molar-refractivity contribution in [1.82, 2.24) is 4.90 Å². The van der Waals surface area contributed by atoms with Gasteiger partial charge in [-0.15, -0.1) is 0 Å². The lowest BCUT2D eigenvalue weighted by atomic mass is 9.96. The largest absolute Gasteiger partial charge is 0.496 e. The van der Waals surface area contributed by atoms with E-state index in [9.17, 15) is 9.59 Å². The first-order valence-corrected chi connectivity index (χ1v) is 7.69. The second-order valence-electron chi connectivity index (χ2n) is 5.45. The molecule has 4 nitrogen and oxygen atoms in total. The highest BCUT2D eigenvalue weighted by atomic mass is 35.5. The van der Waals surface area contributed by atoms with Crippen LogP contribution < -0.4 is 4.74 Å². The normalized spacial score (nSPS) is 17.7. The predicted octanol–water partition coefficient (Wildman–Crippen LogP) is 3.39. The zero-order valence-corrected chi connectivity index (χ0v) is 13.4. The summed E-state index contributed by atoms with van der Waals surface area (Å²) < 4.78 is 5.31. The first-order valence-electron chi connectivity index (χ1n) is 7.31. The van der Waals surface area contributed by atoms with Gasteiger partial charge in [0.25, 0.3) is 0 Å². The van der Waals surface area contributed by atoms with Crippen molar-refractivity contribution in [2.24, 2.45) is 0 Å². The second-order valence-corrected chi connectivity index (χ2v) is 5.88. The summed E-state index contributed by atoms with van der Waals surface area (Å²) in [5.41, 5.74) is 1.59. The highest BCUT2D eigenvalue weighted by molar-refractivity contribution is 6.30. The molecular weight excluding hydrogens is 314 g/mol. The van der Waals surface area contributed by atoms with Crippen molar-refractivity contribution in [1.29, 1.82) is 0 Å². The van der Waals surface area contributed by atoms with Gasteiger partial charge in [-0.25, -0.2) is 0 Å². The smallest absolute Gasteiger partial charge is 0.237 e. The third kappa shape index (κ3) is 3.08. The number of carbonyl (C=O) groups is 2. The number of halogens is 1. The maximum Gasteiger partial charge on any atom is 0.237 e. The first kappa shape index (κ1) is 15.6. The van der Waals surface area contributed by atoms with Crippen LogP contribution in [0.3, 0.4) is 0 Å². The third-order valence-electron chi connectivity index (χ3n) is 3.99. The molecule has 1 aliphatic rings. The first-order chi connectivity index (χ1) is 11.1. The van der Waals surface area contributed by atoms with Gasteiger partial charge in [-0.3, -0.25) is 14.5 Å². The molecule has 1 atom stereocenters. The Hall–Kier alpha value is -2.33. The fourth-order valence-electron chi connectivity index (χ4n) is 2.84. The molecule has 118 valence electrons. The molecule has 0 saturated carbocycles. The minimum absolute atomic E-state index is 0.141. The van der Waals surface area contributed by atoms with E-state index in [1.54, 1.807) is 18.2 Å². The number of carbonyl (C=O) groups excluding carboxylic acids is 2. The summed E-state index contributed by atoms with van der Waals surface area (Å²) in [7, 11) is 1.54. The van der Waals surface area contributed by atoms with Crippen LogP contribution in [0.25, 0.3) is 0 Å². The Morgan fingerprint density at radius 2 is 1.91 bits per heavy atom. The average molecular weight is 330 g/mol. The number of hydrogen-bond acceptors (Lipinski definition) is 3. The van der Waals surface area contributed by atoms with Crippen LogP contribution in [-0.2, 0) is 16.1 Å². The van der Waals surface area contributed by atoms with Gasteiger partial charge in [-0.05, 0) is 23.8 Å². The average Bonchev–Trinajstić information content (AvgIpc) is 2.84. The number of imide groups is 1. The molecule has 2 aromatic carbocycles. The van der Waals surface area contributed by atoms with Gasteiger partial charge in [0.1, 0.15) is 5.75 Å². The zero-order chi connectivity index (χ0) is 16.4. The molecule has 2 amide bonds. The summed E-state index contributed by atoms with van der Waals surface area (Å²) in [6, 6.07) is 14.6. The van der Waals surface area contributed by atoms with Crippen molar-refractivity contribution in [3.8, 4) is 5.75 Å². The van der Waals surface area contributed by atoms with Crippen molar-refractivity contribution in [3.63, 3.8) is 0 Å². The molecule has 0 spiro atoms. The molecule has 5 heteroatoms. The Morgan fingerprint density at radius 1 is 1.17 bits per heavy atom. The second kappa shape index (κ2) is 6.42. The van der Waals surface area contributed by atoms with E-state index in [0.29, 0.717) is 16.3 Å². The lowest BCUT2D eigenvalue weighted by Gasteiger charge is -2.16. The van der Waals surface area contributed by atoms with E-state index < -0.39 is 5.92 Å². The predicted molar refractivity (Wildman–Crippen MR) is 87.4 cm³/mol. The van der Waals surface area contributed by atoms with Crippen LogP contribution in [0, 0.1) is 0 Å². The number of nitrogens with zero attached hydrogens (tertiary/aromatic N) is 1. The Morgan fingerprint density at radius 3 is 2.61 bits per heavy atom. The topological polar surface area (TPSA) is 46.6 Å². The Bertz CT molecular complexity index is 745. The Kier molecular flexibility index (Phi) is 4.35. The molecular formula is C18H16ClNO3. The molecule has 0 aliphatic carbocycles. The molecule has 1 fully saturated rings. The quantitative estimate of drug-likeness (QED) is 0.808. The lowest BCUT2D eigenvalue weighted by molar-refractivity contribution is -0.139. The van der Waals surface area contributed by atoms with Gasteiger partial charge in [0.05, 0.1) is 19.6 Å². The number of benzene rings is 2. The van der Waals surface area contributed by atoms with Crippen LogP contribution in [-0.4, -0.2) is 23.8 Å². The number of likely N-dealkylation sites (tertiary alicyclic amines) is 1. The van der Waals surface area contributed by atoms with Gasteiger partial charge in [-0.1, -0.05) is 41.9 Å². The minimum Gasteiger partial charge on any atom is -0.496 e. The van der Waals surface area contributed by atoms with Crippen LogP contribution >= 0.6 is 11.6 Å². The van der Waals surface area contributed by atoms with Crippen LogP contribution in [0.4, 0.5) is 0 Å². The Labute approximate surface area is 139 Å². The summed E-state index contributed by atoms with van der Waals surface area (Å²) in [6.07, 6.45) is 0.141. The number of rotatable bonds is 4. The summed E-state index contributed by atoms with van der Waals surface area (Å²) in [5, 5.41) is 0.516. The van der Waals surface area contributed by atoms with E-state index in [1.165, 1.54) is 12.0 Å². The fourth-order valence-corrected chi connectivity index (χ4v) is 3.02. The van der Waals surface area contributed by atoms with Crippen molar-refractivity contribution in [2.75, 3.05) is 7.11 Å². The standard InChI is InChI=1S/C18H16ClNO3/c1-23-16-8-7-13(19)9-14(16)15-10-17(21)20(18(15)22)11-12-5-3-2-4-6-12/h2-9,15H,10-11H2,1H3. The van der Waals surface area contributed by atoms with Gasteiger partial charge >= 0.3 is 0 Å². The van der Waals surface area contributed by atoms with Crippen molar-refractivity contribution < 1.29 is 14.3 Å². The number of ether oxygens (including phenoxy) is 1. The molecule has 2 aromatic rings. The van der Waals surface area contributed by atoms with Crippen molar-refractivity contribution in [3.05, 3.63) is 64.7 Å². The van der Waals surface area contributed by atoms with E-state index >= 15 is 0 Å². The molecule has 1 heterocycles. The van der Waals surface area contributed by atoms with Gasteiger partial charge in [0.15, 0.2) is 0 Å². The molecule has 0 N–H and O–H groups in total. The molecule has 1 unspecified atom stereocenters. The Balaban J connectivity index is 1.88. The molecule has 23 heavy (non-hydrogen) atoms. The van der Waals surface area contributed by atoms with E-state index in [2.05, 4.69) is 0 Å². The van der Waals surface area contributed by atoms with Gasteiger partial charge < -0.3 is 4.74 Å². The summed E-state index contributed by atoms with van der Waals surface area (Å²) in [4.78, 5) is 26.3. The monoisotopic (exact) mass is 329 g/mol. The van der Waals surface area contributed by atoms with Gasteiger partial charge in [0.2, 0.25) is 11.8 Å². The number of amides is 2. The maximum atomic E-state index is 12.7. The molecule has 1 aliphatic heterocycles. The van der Waals surface area contributed by atoms with Crippen LogP contribution in [0.1, 0.15) is 23.5 Å². The summed E-state index contributed by atoms with van der Waals surface area (Å²) in [6.45, 7) is 0.290. The highest BCUT2D eigenvalue weighted by Crippen LogP contribution is 2.37. The molecule has 0 aromatic heterocycles. The number of methoxy groups -OCH3 is 1. The SMILES string of the molecule is COc1ccc(Cl)cc1C1CC(=O)N(Cc2ccccc2)C1=O. The van der Waals surface area contributed by atoms with E-state index in [1.807, 2.05) is 30.3 Å². The zero-order valence-electron chi connectivity index (χ0n) is 12.7. The summed E-state index contributed by atoms with van der Waals surface area (Å²) >= 11 is 6.04. The van der Waals surface area contributed by atoms with Crippen LogP contribution in [0.2, 0.25) is 5.02 Å². The van der Waals surface area contributed by atoms with E-state index in [4.69, 9.17) is 16.3 Å². The molecule has 0 bridgehead atoms. The minimum atomic E-state index is -0.542. The van der Waals surface area contributed by atoms with Crippen LogP contribution in [0.15, 0.2) is 48.5 Å². The maximum absolute atomic E-state index is 12.7. The van der Waals surface area contributed by atoms with Gasteiger partial charge in [0, 0.05) is 17.0 Å². The highest BCUT2D eigenvalue weighted by Gasteiger charge is 2.40. The van der Waals surface area contributed by atoms with Crippen LogP contribution in [0.5, 0.6) is 5.75 Å². The summed E-state index contributed by atoms with van der Waals surface area (Å²) in [5.74, 6) is -0.354. The van der Waals surface area contributed by atoms with Crippen molar-refractivity contribution >= 4 is 23.4 Å². The molecule has 1 saturated heterocycles. The fraction of sp³-hybridized carbons (Fsp3) is 0.222. The molecule has 0 radical (unpaired) electrons. The number of hydrogen-bond donors (Lipinski definition) is 0. The van der Waals surface area contributed by atoms with Crippen molar-refractivity contribution in [2.45, 2.75) is 18.9 Å².